The molecule has 0 aliphatic rings. The molecule has 0 saturated carbocycles. The topological polar surface area (TPSA) is 121 Å². The third-order valence-corrected chi connectivity index (χ3v) is 5.17. The summed E-state index contributed by atoms with van der Waals surface area (Å²) in [7, 11) is 0. The summed E-state index contributed by atoms with van der Waals surface area (Å²) in [6.45, 7) is 3.34. The van der Waals surface area contributed by atoms with E-state index in [2.05, 4.69) is 36.2 Å². The van der Waals surface area contributed by atoms with Crippen LogP contribution in [0.4, 0.5) is 11.6 Å². The standard InChI is InChI=1S/C26H27N7O2/c1-18(34)27-13-14-28-22-17-23(33-25(32-22)20-8-3-2-4-9-20)29-15-16-31-26(35)24-21-10-6-5-7-19(21)11-12-30-24/h2-12,17H,13-16H2,1H3,(H,27,34)(H,31,35)(H2,28,29,32,33). The Bertz CT molecular complexity index is 1310. The van der Waals surface area contributed by atoms with E-state index < -0.39 is 0 Å². The van der Waals surface area contributed by atoms with Crippen LogP contribution in [0.3, 0.4) is 0 Å². The minimum Gasteiger partial charge on any atom is -0.368 e. The van der Waals surface area contributed by atoms with Gasteiger partial charge in [-0.3, -0.25) is 14.6 Å². The van der Waals surface area contributed by atoms with Gasteiger partial charge >= 0.3 is 0 Å². The monoisotopic (exact) mass is 469 g/mol. The molecular formula is C26H27N7O2. The van der Waals surface area contributed by atoms with Gasteiger partial charge in [0.15, 0.2) is 5.82 Å². The van der Waals surface area contributed by atoms with Gasteiger partial charge in [-0.15, -0.1) is 0 Å². The smallest absolute Gasteiger partial charge is 0.270 e. The Balaban J connectivity index is 1.39. The van der Waals surface area contributed by atoms with Gasteiger partial charge in [-0.05, 0) is 11.5 Å². The summed E-state index contributed by atoms with van der Waals surface area (Å²) in [5.74, 6) is 1.52. The summed E-state index contributed by atoms with van der Waals surface area (Å²) in [4.78, 5) is 37.3. The summed E-state index contributed by atoms with van der Waals surface area (Å²) < 4.78 is 0. The van der Waals surface area contributed by atoms with Gasteiger partial charge in [0.2, 0.25) is 5.91 Å². The normalized spacial score (nSPS) is 10.5. The lowest BCUT2D eigenvalue weighted by Crippen LogP contribution is -2.29. The van der Waals surface area contributed by atoms with Gasteiger partial charge in [0.25, 0.3) is 5.91 Å². The highest BCUT2D eigenvalue weighted by Crippen LogP contribution is 2.20. The van der Waals surface area contributed by atoms with Gasteiger partial charge in [0, 0.05) is 56.3 Å². The molecule has 0 unspecified atom stereocenters. The van der Waals surface area contributed by atoms with Crippen LogP contribution in [0.2, 0.25) is 0 Å². The number of nitrogens with one attached hydrogen (secondary N) is 4. The Morgan fingerprint density at radius 2 is 1.43 bits per heavy atom. The molecule has 2 amide bonds. The molecule has 2 aromatic heterocycles. The highest BCUT2D eigenvalue weighted by atomic mass is 16.2. The zero-order chi connectivity index (χ0) is 24.5. The number of hydrogen-bond acceptors (Lipinski definition) is 7. The molecule has 2 heterocycles. The van der Waals surface area contributed by atoms with E-state index in [4.69, 9.17) is 0 Å². The van der Waals surface area contributed by atoms with Gasteiger partial charge < -0.3 is 21.3 Å². The number of rotatable bonds is 10. The number of anilines is 2. The molecule has 35 heavy (non-hydrogen) atoms. The number of nitrogens with zero attached hydrogens (tertiary/aromatic N) is 3. The van der Waals surface area contributed by atoms with Gasteiger partial charge in [-0.25, -0.2) is 9.97 Å². The van der Waals surface area contributed by atoms with Crippen LogP contribution < -0.4 is 21.3 Å². The van der Waals surface area contributed by atoms with Crippen LogP contribution in [-0.4, -0.2) is 52.9 Å². The molecule has 0 aliphatic carbocycles. The van der Waals surface area contributed by atoms with E-state index in [-0.39, 0.29) is 11.8 Å². The van der Waals surface area contributed by atoms with Crippen LogP contribution in [0.25, 0.3) is 22.2 Å². The van der Waals surface area contributed by atoms with Crippen molar-refractivity contribution >= 4 is 34.2 Å². The maximum absolute atomic E-state index is 12.7. The second kappa shape index (κ2) is 11.6. The van der Waals surface area contributed by atoms with Crippen molar-refractivity contribution < 1.29 is 9.59 Å². The number of fused-ring (bicyclic) bond motifs is 1. The second-order valence-electron chi connectivity index (χ2n) is 7.80. The zero-order valence-corrected chi connectivity index (χ0v) is 19.4. The number of pyridine rings is 1. The second-order valence-corrected chi connectivity index (χ2v) is 7.80. The molecule has 0 bridgehead atoms. The molecule has 9 heteroatoms. The van der Waals surface area contributed by atoms with Gasteiger partial charge in [-0.1, -0.05) is 54.6 Å². The van der Waals surface area contributed by atoms with Crippen molar-refractivity contribution in [3.05, 3.63) is 78.6 Å². The maximum Gasteiger partial charge on any atom is 0.270 e. The average molecular weight is 470 g/mol. The van der Waals surface area contributed by atoms with Crippen molar-refractivity contribution in [3.63, 3.8) is 0 Å². The van der Waals surface area contributed by atoms with Crippen molar-refractivity contribution in [1.82, 2.24) is 25.6 Å². The quantitative estimate of drug-likeness (QED) is 0.263. The van der Waals surface area contributed by atoms with Crippen LogP contribution in [0.5, 0.6) is 0 Å². The van der Waals surface area contributed by atoms with Gasteiger partial charge in [0.1, 0.15) is 17.3 Å². The summed E-state index contributed by atoms with van der Waals surface area (Å²) in [5, 5.41) is 13.9. The van der Waals surface area contributed by atoms with E-state index in [0.717, 1.165) is 16.3 Å². The number of hydrogen-bond donors (Lipinski definition) is 4. The molecule has 0 atom stereocenters. The Labute approximate surface area is 203 Å². The first-order valence-corrected chi connectivity index (χ1v) is 11.4. The van der Waals surface area contributed by atoms with Crippen LogP contribution in [-0.2, 0) is 4.79 Å². The van der Waals surface area contributed by atoms with Crippen molar-refractivity contribution in [3.8, 4) is 11.4 Å². The van der Waals surface area contributed by atoms with Crippen LogP contribution in [0.1, 0.15) is 17.4 Å². The van der Waals surface area contributed by atoms with Crippen molar-refractivity contribution in [2.45, 2.75) is 6.92 Å². The molecule has 0 spiro atoms. The van der Waals surface area contributed by atoms with E-state index in [0.29, 0.717) is 49.3 Å². The predicted molar refractivity (Wildman–Crippen MR) is 137 cm³/mol. The first kappa shape index (κ1) is 23.6. The first-order chi connectivity index (χ1) is 17.1. The lowest BCUT2D eigenvalue weighted by Gasteiger charge is -2.12. The molecule has 0 fully saturated rings. The van der Waals surface area contributed by atoms with Crippen molar-refractivity contribution in [2.75, 3.05) is 36.8 Å². The minimum absolute atomic E-state index is 0.0810. The molecule has 0 saturated heterocycles. The highest BCUT2D eigenvalue weighted by molar-refractivity contribution is 6.05. The SMILES string of the molecule is CC(=O)NCCNc1cc(NCCNC(=O)c2nccc3ccccc23)nc(-c2ccccc2)n1. The summed E-state index contributed by atoms with van der Waals surface area (Å²) in [5.41, 5.74) is 1.29. The average Bonchev–Trinajstić information content (AvgIpc) is 2.89. The van der Waals surface area contributed by atoms with Crippen LogP contribution in [0.15, 0.2) is 72.9 Å². The first-order valence-electron chi connectivity index (χ1n) is 11.4. The number of carbonyl (C=O) groups is 2. The molecule has 9 nitrogen and oxygen atoms in total. The molecule has 0 radical (unpaired) electrons. The lowest BCUT2D eigenvalue weighted by molar-refractivity contribution is -0.118. The van der Waals surface area contributed by atoms with Crippen LogP contribution >= 0.6 is 0 Å². The van der Waals surface area contributed by atoms with Crippen molar-refractivity contribution in [2.24, 2.45) is 0 Å². The highest BCUT2D eigenvalue weighted by Gasteiger charge is 2.11. The number of aromatic nitrogens is 3. The third-order valence-electron chi connectivity index (χ3n) is 5.17. The summed E-state index contributed by atoms with van der Waals surface area (Å²) >= 11 is 0. The lowest BCUT2D eigenvalue weighted by atomic mass is 10.1. The molecule has 2 aromatic carbocycles. The molecule has 0 aliphatic heterocycles. The molecule has 4 N–H and O–H groups in total. The Hall–Kier alpha value is -4.53. The van der Waals surface area contributed by atoms with E-state index >= 15 is 0 Å². The maximum atomic E-state index is 12.7. The summed E-state index contributed by atoms with van der Waals surface area (Å²) in [6.07, 6.45) is 1.64. The number of carbonyl (C=O) groups excluding carboxylic acids is 2. The van der Waals surface area contributed by atoms with Crippen LogP contribution in [0, 0.1) is 0 Å². The molecular weight excluding hydrogens is 442 g/mol. The Morgan fingerprint density at radius 1 is 0.771 bits per heavy atom. The molecule has 178 valence electrons. The van der Waals surface area contributed by atoms with Gasteiger partial charge in [0.05, 0.1) is 0 Å². The predicted octanol–water partition coefficient (Wildman–Crippen LogP) is 3.08. The number of benzene rings is 2. The van der Waals surface area contributed by atoms with E-state index in [1.54, 1.807) is 12.3 Å². The Kier molecular flexibility index (Phi) is 7.80. The van der Waals surface area contributed by atoms with E-state index in [1.807, 2.05) is 60.7 Å². The van der Waals surface area contributed by atoms with Gasteiger partial charge in [-0.2, -0.15) is 0 Å². The largest absolute Gasteiger partial charge is 0.368 e. The molecule has 4 aromatic rings. The zero-order valence-electron chi connectivity index (χ0n) is 19.4. The summed E-state index contributed by atoms with van der Waals surface area (Å²) in [6, 6.07) is 21.0. The molecule has 4 rings (SSSR count). The fraction of sp³-hybridized carbons (Fsp3) is 0.192. The number of amides is 2. The fourth-order valence-corrected chi connectivity index (χ4v) is 3.52. The van der Waals surface area contributed by atoms with E-state index in [9.17, 15) is 9.59 Å². The third kappa shape index (κ3) is 6.50. The fourth-order valence-electron chi connectivity index (χ4n) is 3.52. The Morgan fingerprint density at radius 3 is 2.14 bits per heavy atom. The minimum atomic E-state index is -0.225. The van der Waals surface area contributed by atoms with E-state index in [1.165, 1.54) is 6.92 Å². The van der Waals surface area contributed by atoms with Crippen molar-refractivity contribution in [1.29, 1.82) is 0 Å².